The Morgan fingerprint density at radius 1 is 1.42 bits per heavy atom. The molecule has 0 spiro atoms. The highest BCUT2D eigenvalue weighted by molar-refractivity contribution is 5.93. The Morgan fingerprint density at radius 3 is 2.63 bits per heavy atom. The van der Waals surface area contributed by atoms with Gasteiger partial charge in [-0.05, 0) is 56.1 Å². The molecule has 0 atom stereocenters. The lowest BCUT2D eigenvalue weighted by Gasteiger charge is -2.30. The van der Waals surface area contributed by atoms with Gasteiger partial charge in [0, 0.05) is 18.0 Å². The number of aryl methyl sites for hydroxylation is 1. The minimum Gasteiger partial charge on any atom is -0.366 e. The summed E-state index contributed by atoms with van der Waals surface area (Å²) in [6, 6.07) is 5.60. The van der Waals surface area contributed by atoms with Gasteiger partial charge in [0.2, 0.25) is 5.91 Å². The van der Waals surface area contributed by atoms with Gasteiger partial charge in [0.05, 0.1) is 0 Å². The van der Waals surface area contributed by atoms with Crippen LogP contribution in [-0.2, 0) is 11.3 Å². The van der Waals surface area contributed by atoms with E-state index in [4.69, 9.17) is 5.73 Å². The van der Waals surface area contributed by atoms with Crippen molar-refractivity contribution in [1.82, 2.24) is 4.90 Å². The van der Waals surface area contributed by atoms with E-state index in [1.54, 1.807) is 6.07 Å². The van der Waals surface area contributed by atoms with Gasteiger partial charge in [-0.3, -0.25) is 9.69 Å². The molecule has 4 heteroatoms. The highest BCUT2D eigenvalue weighted by atomic mass is 16.1. The first-order chi connectivity index (χ1) is 9.10. The first-order valence-electron chi connectivity index (χ1n) is 6.67. The van der Waals surface area contributed by atoms with Gasteiger partial charge in [0.1, 0.15) is 6.29 Å². The number of rotatable bonds is 4. The third-order valence-electron chi connectivity index (χ3n) is 3.85. The number of nitrogens with two attached hydrogens (primary N) is 1. The van der Waals surface area contributed by atoms with Gasteiger partial charge in [0.25, 0.3) is 0 Å². The van der Waals surface area contributed by atoms with Crippen LogP contribution in [0.1, 0.15) is 34.3 Å². The summed E-state index contributed by atoms with van der Waals surface area (Å²) in [6.45, 7) is 4.79. The number of nitrogens with zero attached hydrogens (tertiary/aromatic N) is 1. The zero-order valence-electron chi connectivity index (χ0n) is 11.3. The van der Waals surface area contributed by atoms with Crippen molar-refractivity contribution in [1.29, 1.82) is 0 Å². The monoisotopic (exact) mass is 260 g/mol. The molecule has 0 saturated carbocycles. The quantitative estimate of drug-likeness (QED) is 0.835. The number of carbonyl (C=O) groups excluding carboxylic acids is 2. The minimum atomic E-state index is -0.388. The van der Waals surface area contributed by atoms with Crippen molar-refractivity contribution in [2.45, 2.75) is 26.3 Å². The summed E-state index contributed by atoms with van der Waals surface area (Å²) in [5.41, 5.74) is 8.13. The van der Waals surface area contributed by atoms with Crippen molar-refractivity contribution in [2.24, 2.45) is 11.7 Å². The van der Waals surface area contributed by atoms with E-state index in [1.807, 2.05) is 19.1 Å². The van der Waals surface area contributed by atoms with Gasteiger partial charge in [-0.1, -0.05) is 6.07 Å². The lowest BCUT2D eigenvalue weighted by Crippen LogP contribution is -2.33. The molecule has 0 aliphatic carbocycles. The van der Waals surface area contributed by atoms with Crippen LogP contribution < -0.4 is 5.73 Å². The number of piperidine rings is 1. The highest BCUT2D eigenvalue weighted by Crippen LogP contribution is 2.19. The fourth-order valence-corrected chi connectivity index (χ4v) is 2.51. The number of aldehydes is 1. The van der Waals surface area contributed by atoms with Gasteiger partial charge >= 0.3 is 0 Å². The first-order valence-corrected chi connectivity index (χ1v) is 6.67. The largest absolute Gasteiger partial charge is 0.366 e. The number of hydrogen-bond acceptors (Lipinski definition) is 3. The van der Waals surface area contributed by atoms with Crippen molar-refractivity contribution in [2.75, 3.05) is 13.1 Å². The summed E-state index contributed by atoms with van der Waals surface area (Å²) in [4.78, 5) is 24.2. The average Bonchev–Trinajstić information content (AvgIpc) is 2.41. The molecule has 1 amide bonds. The van der Waals surface area contributed by atoms with Crippen molar-refractivity contribution >= 4 is 12.2 Å². The second-order valence-corrected chi connectivity index (χ2v) is 5.26. The van der Waals surface area contributed by atoms with E-state index in [0.717, 1.165) is 44.3 Å². The Hall–Kier alpha value is -1.68. The summed E-state index contributed by atoms with van der Waals surface area (Å²) in [5.74, 6) is -0.156. The molecule has 1 heterocycles. The number of likely N-dealkylation sites (tertiary alicyclic amines) is 1. The smallest absolute Gasteiger partial charge is 0.248 e. The molecule has 2 N–H and O–H groups in total. The molecule has 102 valence electrons. The maximum Gasteiger partial charge on any atom is 0.248 e. The van der Waals surface area contributed by atoms with E-state index in [-0.39, 0.29) is 11.8 Å². The van der Waals surface area contributed by atoms with Crippen LogP contribution in [0.2, 0.25) is 0 Å². The summed E-state index contributed by atoms with van der Waals surface area (Å²) in [6.07, 6.45) is 2.97. The molecule has 1 aromatic carbocycles. The van der Waals surface area contributed by atoms with Crippen LogP contribution in [0.15, 0.2) is 18.2 Å². The van der Waals surface area contributed by atoms with Gasteiger partial charge in [-0.2, -0.15) is 0 Å². The van der Waals surface area contributed by atoms with E-state index < -0.39 is 0 Å². The summed E-state index contributed by atoms with van der Waals surface area (Å²) in [7, 11) is 0. The van der Waals surface area contributed by atoms with E-state index in [9.17, 15) is 9.59 Å². The summed E-state index contributed by atoms with van der Waals surface area (Å²) >= 11 is 0. The van der Waals surface area contributed by atoms with Crippen LogP contribution >= 0.6 is 0 Å². The fourth-order valence-electron chi connectivity index (χ4n) is 2.51. The minimum absolute atomic E-state index is 0.231. The van der Waals surface area contributed by atoms with Crippen LogP contribution in [0.5, 0.6) is 0 Å². The molecular formula is C15H20N2O2. The fraction of sp³-hybridized carbons (Fsp3) is 0.467. The molecule has 1 aliphatic heterocycles. The standard InChI is InChI=1S/C15H20N2O2/c1-11-8-13(15(16)19)2-3-14(11)9-17-6-4-12(10-18)5-7-17/h2-3,8,10,12H,4-7,9H2,1H3,(H2,16,19). The van der Waals surface area contributed by atoms with Crippen LogP contribution in [0, 0.1) is 12.8 Å². The Morgan fingerprint density at radius 2 is 2.11 bits per heavy atom. The number of amides is 1. The molecule has 0 unspecified atom stereocenters. The number of hydrogen-bond donors (Lipinski definition) is 1. The third-order valence-corrected chi connectivity index (χ3v) is 3.85. The van der Waals surface area contributed by atoms with Gasteiger partial charge in [-0.15, -0.1) is 0 Å². The lowest BCUT2D eigenvalue weighted by atomic mass is 9.97. The van der Waals surface area contributed by atoms with Crippen molar-refractivity contribution in [3.63, 3.8) is 0 Å². The third kappa shape index (κ3) is 3.41. The van der Waals surface area contributed by atoms with E-state index in [2.05, 4.69) is 4.90 Å². The van der Waals surface area contributed by atoms with Gasteiger partial charge in [0.15, 0.2) is 0 Å². The van der Waals surface area contributed by atoms with Crippen LogP contribution in [0.4, 0.5) is 0 Å². The van der Waals surface area contributed by atoms with Gasteiger partial charge < -0.3 is 10.5 Å². The highest BCUT2D eigenvalue weighted by Gasteiger charge is 2.19. The Balaban J connectivity index is 2.00. The van der Waals surface area contributed by atoms with Crippen LogP contribution in [0.25, 0.3) is 0 Å². The van der Waals surface area contributed by atoms with Crippen molar-refractivity contribution in [3.05, 3.63) is 34.9 Å². The predicted molar refractivity (Wildman–Crippen MR) is 73.8 cm³/mol. The SMILES string of the molecule is Cc1cc(C(N)=O)ccc1CN1CCC(C=O)CC1. The number of benzene rings is 1. The summed E-state index contributed by atoms with van der Waals surface area (Å²) < 4.78 is 0. The predicted octanol–water partition coefficient (Wildman–Crippen LogP) is 1.50. The molecule has 1 saturated heterocycles. The number of carbonyl (C=O) groups is 2. The molecule has 0 aromatic heterocycles. The van der Waals surface area contributed by atoms with Crippen molar-refractivity contribution < 1.29 is 9.59 Å². The van der Waals surface area contributed by atoms with Gasteiger partial charge in [-0.25, -0.2) is 0 Å². The Kier molecular flexibility index (Phi) is 4.32. The first kappa shape index (κ1) is 13.7. The molecule has 1 fully saturated rings. The Labute approximate surface area is 113 Å². The van der Waals surface area contributed by atoms with E-state index in [1.165, 1.54) is 5.56 Å². The maximum absolute atomic E-state index is 11.1. The molecule has 0 radical (unpaired) electrons. The maximum atomic E-state index is 11.1. The lowest BCUT2D eigenvalue weighted by molar-refractivity contribution is -0.112. The zero-order chi connectivity index (χ0) is 13.8. The van der Waals surface area contributed by atoms with E-state index in [0.29, 0.717) is 5.56 Å². The Bertz CT molecular complexity index is 477. The molecule has 0 bridgehead atoms. The molecule has 1 aliphatic rings. The molecule has 19 heavy (non-hydrogen) atoms. The average molecular weight is 260 g/mol. The zero-order valence-corrected chi connectivity index (χ0v) is 11.3. The van der Waals surface area contributed by atoms with Crippen LogP contribution in [0.3, 0.4) is 0 Å². The summed E-state index contributed by atoms with van der Waals surface area (Å²) in [5, 5.41) is 0. The second kappa shape index (κ2) is 5.97. The molecule has 1 aromatic rings. The second-order valence-electron chi connectivity index (χ2n) is 5.26. The van der Waals surface area contributed by atoms with Crippen LogP contribution in [-0.4, -0.2) is 30.2 Å². The number of primary amides is 1. The van der Waals surface area contributed by atoms with E-state index >= 15 is 0 Å². The normalized spacial score (nSPS) is 17.3. The molecule has 4 nitrogen and oxygen atoms in total. The molecule has 2 rings (SSSR count). The molecular weight excluding hydrogens is 240 g/mol. The van der Waals surface area contributed by atoms with Crippen molar-refractivity contribution in [3.8, 4) is 0 Å². The topological polar surface area (TPSA) is 63.4 Å².